The number of fused-ring (bicyclic) bond motifs is 2. The Kier molecular flexibility index (Phi) is 3.00. The van der Waals surface area contributed by atoms with Gasteiger partial charge in [-0.3, -0.25) is 9.59 Å². The summed E-state index contributed by atoms with van der Waals surface area (Å²) in [4.78, 5) is 24.1. The van der Waals surface area contributed by atoms with Gasteiger partial charge >= 0.3 is 0 Å². The van der Waals surface area contributed by atoms with E-state index in [-0.39, 0.29) is 5.56 Å². The fourth-order valence-corrected chi connectivity index (χ4v) is 3.30. The number of primary amides is 2. The normalized spacial score (nSPS) is 11.2. The van der Waals surface area contributed by atoms with Crippen LogP contribution in [0.4, 0.5) is 0 Å². The van der Waals surface area contributed by atoms with E-state index in [4.69, 9.17) is 11.5 Å². The first-order valence-electron chi connectivity index (χ1n) is 7.54. The van der Waals surface area contributed by atoms with E-state index in [2.05, 4.69) is 0 Å². The van der Waals surface area contributed by atoms with Crippen molar-refractivity contribution >= 4 is 44.1 Å². The largest absolute Gasteiger partial charge is 0.366 e. The van der Waals surface area contributed by atoms with Gasteiger partial charge in [-0.2, -0.15) is 0 Å². The van der Waals surface area contributed by atoms with E-state index in [1.165, 1.54) is 0 Å². The third-order valence-corrected chi connectivity index (χ3v) is 4.40. The van der Waals surface area contributed by atoms with Crippen molar-refractivity contribution in [2.24, 2.45) is 11.5 Å². The molecule has 5 aromatic carbocycles. The van der Waals surface area contributed by atoms with Crippen LogP contribution in [0.2, 0.25) is 0 Å². The smallest absolute Gasteiger partial charge is 0.249 e. The van der Waals surface area contributed by atoms with Crippen LogP contribution >= 0.6 is 0 Å². The number of hydrogen-bond acceptors (Lipinski definition) is 2. The molecule has 24 heavy (non-hydrogen) atoms. The second kappa shape index (κ2) is 5.06. The molecule has 2 amide bonds. The van der Waals surface area contributed by atoms with Crippen LogP contribution in [-0.4, -0.2) is 11.8 Å². The molecule has 0 aliphatic heterocycles. The molecule has 0 heterocycles. The number of hydrogen-bond donors (Lipinski definition) is 2. The van der Waals surface area contributed by atoms with E-state index < -0.39 is 11.8 Å². The van der Waals surface area contributed by atoms with Gasteiger partial charge in [0.2, 0.25) is 11.8 Å². The van der Waals surface area contributed by atoms with Gasteiger partial charge in [-0.05, 0) is 39.1 Å². The lowest BCUT2D eigenvalue weighted by Crippen LogP contribution is -2.17. The van der Waals surface area contributed by atoms with Crippen LogP contribution in [-0.2, 0) is 0 Å². The second-order valence-electron chi connectivity index (χ2n) is 5.80. The molecule has 0 atom stereocenters. The van der Waals surface area contributed by atoms with E-state index >= 15 is 0 Å². The molecule has 0 aliphatic carbocycles. The van der Waals surface area contributed by atoms with Gasteiger partial charge in [0.1, 0.15) is 0 Å². The van der Waals surface area contributed by atoms with Crippen molar-refractivity contribution in [2.75, 3.05) is 0 Å². The third kappa shape index (κ3) is 2.01. The monoisotopic (exact) mass is 314 g/mol. The predicted octanol–water partition coefficient (Wildman–Crippen LogP) is 3.34. The summed E-state index contributed by atoms with van der Waals surface area (Å²) < 4.78 is 0. The highest BCUT2D eigenvalue weighted by Gasteiger charge is 2.17. The molecule has 0 unspecified atom stereocenters. The van der Waals surface area contributed by atoms with Gasteiger partial charge in [0.05, 0.1) is 5.56 Å². The first kappa shape index (κ1) is 14.2. The molecule has 4 N–H and O–H groups in total. The van der Waals surface area contributed by atoms with Crippen LogP contribution in [0.5, 0.6) is 0 Å². The molecule has 4 heteroatoms. The minimum absolute atomic E-state index is 0.289. The SMILES string of the molecule is NC(=O)c1ccc2c(C(N)=O)c1c1ccc(cc1)c1cccc2c1. The van der Waals surface area contributed by atoms with E-state index in [0.29, 0.717) is 16.3 Å². The Balaban J connectivity index is 2.43. The standard InChI is InChI=1S/C20H14N2O2/c21-19(23)16-9-8-15-14-3-1-2-13(10-14)11-4-6-12(7-5-11)17(16)18(15)20(22)24/h1-10H,(H2,21,23)(H2,22,24). The van der Waals surface area contributed by atoms with Crippen molar-refractivity contribution in [1.82, 2.24) is 0 Å². The van der Waals surface area contributed by atoms with Gasteiger partial charge in [-0.1, -0.05) is 48.5 Å². The molecule has 0 saturated carbocycles. The van der Waals surface area contributed by atoms with Crippen molar-refractivity contribution in [3.63, 3.8) is 0 Å². The zero-order valence-electron chi connectivity index (χ0n) is 12.7. The average Bonchev–Trinajstić information content (AvgIpc) is 2.60. The van der Waals surface area contributed by atoms with Crippen molar-refractivity contribution < 1.29 is 9.59 Å². The van der Waals surface area contributed by atoms with Crippen LogP contribution < -0.4 is 11.5 Å². The van der Waals surface area contributed by atoms with Crippen LogP contribution in [0.15, 0.2) is 60.7 Å². The van der Waals surface area contributed by atoms with Crippen molar-refractivity contribution in [3.8, 4) is 0 Å². The zero-order chi connectivity index (χ0) is 16.8. The Hall–Kier alpha value is -3.40. The van der Waals surface area contributed by atoms with Crippen molar-refractivity contribution in [2.45, 2.75) is 0 Å². The lowest BCUT2D eigenvalue weighted by atomic mass is 9.93. The highest BCUT2D eigenvalue weighted by Crippen LogP contribution is 2.30. The highest BCUT2D eigenvalue weighted by molar-refractivity contribution is 6.21. The quantitative estimate of drug-likeness (QED) is 0.594. The Morgan fingerprint density at radius 1 is 0.667 bits per heavy atom. The predicted molar refractivity (Wildman–Crippen MR) is 96.0 cm³/mol. The fourth-order valence-electron chi connectivity index (χ4n) is 3.30. The van der Waals surface area contributed by atoms with E-state index in [1.807, 2.05) is 48.5 Å². The maximum Gasteiger partial charge on any atom is 0.249 e. The number of rotatable bonds is 2. The lowest BCUT2D eigenvalue weighted by Gasteiger charge is -2.11. The molecular formula is C20H14N2O2. The van der Waals surface area contributed by atoms with Gasteiger partial charge in [-0.25, -0.2) is 0 Å². The second-order valence-corrected chi connectivity index (χ2v) is 5.80. The van der Waals surface area contributed by atoms with Gasteiger partial charge in [-0.15, -0.1) is 0 Å². The summed E-state index contributed by atoms with van der Waals surface area (Å²) in [5.41, 5.74) is 11.8. The number of benzene rings is 3. The van der Waals surface area contributed by atoms with Crippen molar-refractivity contribution in [1.29, 1.82) is 0 Å². The molecule has 5 aromatic rings. The summed E-state index contributed by atoms with van der Waals surface area (Å²) in [6, 6.07) is 19.0. The summed E-state index contributed by atoms with van der Waals surface area (Å²) in [5.74, 6) is -1.17. The van der Waals surface area contributed by atoms with Gasteiger partial charge in [0.15, 0.2) is 0 Å². The van der Waals surface area contributed by atoms with E-state index in [9.17, 15) is 9.59 Å². The minimum Gasteiger partial charge on any atom is -0.366 e. The van der Waals surface area contributed by atoms with Gasteiger partial charge < -0.3 is 11.5 Å². The van der Waals surface area contributed by atoms with Crippen molar-refractivity contribution in [3.05, 3.63) is 71.8 Å². The lowest BCUT2D eigenvalue weighted by molar-refractivity contribution is 0.0999. The number of amides is 2. The molecule has 116 valence electrons. The van der Waals surface area contributed by atoms with Gasteiger partial charge in [0.25, 0.3) is 0 Å². The zero-order valence-corrected chi connectivity index (χ0v) is 12.7. The molecule has 0 spiro atoms. The molecule has 0 fully saturated rings. The maximum atomic E-state index is 12.2. The molecule has 0 radical (unpaired) electrons. The molecule has 6 bridgehead atoms. The first-order chi connectivity index (χ1) is 11.6. The minimum atomic E-state index is -0.589. The molecule has 0 aliphatic rings. The van der Waals surface area contributed by atoms with E-state index in [1.54, 1.807) is 12.1 Å². The summed E-state index contributed by atoms with van der Waals surface area (Å²) in [7, 11) is 0. The summed E-state index contributed by atoms with van der Waals surface area (Å²) in [6.45, 7) is 0. The Morgan fingerprint density at radius 3 is 2.00 bits per heavy atom. The summed E-state index contributed by atoms with van der Waals surface area (Å²) in [6.07, 6.45) is 0. The van der Waals surface area contributed by atoms with Crippen LogP contribution in [0.25, 0.3) is 32.3 Å². The van der Waals surface area contributed by atoms with E-state index in [0.717, 1.165) is 21.5 Å². The average molecular weight is 314 g/mol. The summed E-state index contributed by atoms with van der Waals surface area (Å²) in [5, 5.41) is 4.93. The molecule has 5 rings (SSSR count). The topological polar surface area (TPSA) is 86.2 Å². The Bertz CT molecular complexity index is 1140. The number of carbonyl (C=O) groups is 2. The molecule has 0 aromatic heterocycles. The van der Waals surface area contributed by atoms with Crippen LogP contribution in [0.1, 0.15) is 20.7 Å². The number of carbonyl (C=O) groups excluding carboxylic acids is 2. The van der Waals surface area contributed by atoms with Crippen LogP contribution in [0.3, 0.4) is 0 Å². The van der Waals surface area contributed by atoms with Crippen LogP contribution in [0, 0.1) is 0 Å². The fraction of sp³-hybridized carbons (Fsp3) is 0. The Labute approximate surface area is 137 Å². The first-order valence-corrected chi connectivity index (χ1v) is 7.54. The third-order valence-electron chi connectivity index (χ3n) is 4.40. The molecule has 4 nitrogen and oxygen atoms in total. The molecular weight excluding hydrogens is 300 g/mol. The Morgan fingerprint density at radius 2 is 1.33 bits per heavy atom. The number of nitrogens with two attached hydrogens (primary N) is 2. The maximum absolute atomic E-state index is 12.2. The highest BCUT2D eigenvalue weighted by atomic mass is 16.1. The van der Waals surface area contributed by atoms with Gasteiger partial charge in [0, 0.05) is 10.9 Å². The molecule has 0 saturated heterocycles. The summed E-state index contributed by atoms with van der Waals surface area (Å²) >= 11 is 0.